The minimum atomic E-state index is -1.31. The highest BCUT2D eigenvalue weighted by Gasteiger charge is 2.67. The van der Waals surface area contributed by atoms with Crippen LogP contribution < -0.4 is 0 Å². The van der Waals surface area contributed by atoms with Crippen LogP contribution in [0.5, 0.6) is 11.5 Å². The number of Topliss-reactive ketones (excluding diaryl/α,β-unsaturated/α-hetero) is 1. The summed E-state index contributed by atoms with van der Waals surface area (Å²) in [5.74, 6) is -0.417. The molecular weight excluding hydrogens is 416 g/mol. The summed E-state index contributed by atoms with van der Waals surface area (Å²) in [7, 11) is 0. The van der Waals surface area contributed by atoms with Gasteiger partial charge in [0.25, 0.3) is 0 Å². The van der Waals surface area contributed by atoms with Crippen LogP contribution in [0.15, 0.2) is 17.7 Å². The highest BCUT2D eigenvalue weighted by atomic mass is 16.3. The van der Waals surface area contributed by atoms with Crippen molar-refractivity contribution in [2.24, 2.45) is 22.2 Å². The van der Waals surface area contributed by atoms with E-state index in [4.69, 9.17) is 0 Å². The number of hydrogen-bond donors (Lipinski definition) is 3. The molecule has 5 rings (SSSR count). The largest absolute Gasteiger partial charge is 0.504 e. The van der Waals surface area contributed by atoms with Gasteiger partial charge in [0.2, 0.25) is 0 Å². The molecule has 0 bridgehead atoms. The van der Waals surface area contributed by atoms with Gasteiger partial charge in [0.1, 0.15) is 5.60 Å². The fourth-order valence-corrected chi connectivity index (χ4v) is 8.39. The van der Waals surface area contributed by atoms with Gasteiger partial charge in [-0.1, -0.05) is 27.7 Å². The minimum Gasteiger partial charge on any atom is -0.504 e. The number of phenols is 2. The van der Waals surface area contributed by atoms with E-state index in [0.29, 0.717) is 24.0 Å². The molecule has 1 aromatic carbocycles. The summed E-state index contributed by atoms with van der Waals surface area (Å²) < 4.78 is 0. The summed E-state index contributed by atoms with van der Waals surface area (Å²) in [5.41, 5.74) is 0.504. The Morgan fingerprint density at radius 1 is 0.970 bits per heavy atom. The maximum atomic E-state index is 13.4. The number of allylic oxidation sites excluding steroid dienone is 2. The van der Waals surface area contributed by atoms with E-state index in [1.807, 2.05) is 0 Å². The van der Waals surface area contributed by atoms with Crippen LogP contribution in [0, 0.1) is 29.1 Å². The molecule has 5 heteroatoms. The van der Waals surface area contributed by atoms with Crippen molar-refractivity contribution in [2.45, 2.75) is 91.1 Å². The van der Waals surface area contributed by atoms with Gasteiger partial charge in [0, 0.05) is 23.0 Å². The van der Waals surface area contributed by atoms with E-state index in [0.717, 1.165) is 36.8 Å². The molecule has 0 heterocycles. The number of ketones is 2. The first-order valence-corrected chi connectivity index (χ1v) is 12.2. The summed E-state index contributed by atoms with van der Waals surface area (Å²) in [6, 6.07) is 1.59. The van der Waals surface area contributed by atoms with Crippen LogP contribution in [0.3, 0.4) is 0 Å². The topological polar surface area (TPSA) is 94.8 Å². The van der Waals surface area contributed by atoms with E-state index in [1.54, 1.807) is 26.0 Å². The lowest BCUT2D eigenvalue weighted by molar-refractivity contribution is -0.182. The number of rotatable bonds is 0. The lowest BCUT2D eigenvalue weighted by atomic mass is 9.35. The Morgan fingerprint density at radius 3 is 2.30 bits per heavy atom. The zero-order valence-electron chi connectivity index (χ0n) is 20.6. The zero-order chi connectivity index (χ0) is 24.4. The zero-order valence-corrected chi connectivity index (χ0v) is 20.6. The van der Waals surface area contributed by atoms with Crippen molar-refractivity contribution in [2.75, 3.05) is 0 Å². The second-order valence-corrected chi connectivity index (χ2v) is 12.6. The Bertz CT molecular complexity index is 1150. The maximum Gasteiger partial charge on any atom is 0.186 e. The first-order valence-electron chi connectivity index (χ1n) is 12.2. The van der Waals surface area contributed by atoms with Gasteiger partial charge in [-0.3, -0.25) is 9.59 Å². The van der Waals surface area contributed by atoms with Crippen molar-refractivity contribution < 1.29 is 24.9 Å². The molecule has 33 heavy (non-hydrogen) atoms. The fourth-order valence-electron chi connectivity index (χ4n) is 8.39. The fraction of sp³-hybridized carbons (Fsp3) is 0.643. The summed E-state index contributed by atoms with van der Waals surface area (Å²) in [6.07, 6.45) is 6.11. The Labute approximate surface area is 195 Å². The average Bonchev–Trinajstić information content (AvgIpc) is 2.72. The molecule has 0 aromatic heterocycles. The van der Waals surface area contributed by atoms with Crippen LogP contribution in [0.1, 0.15) is 94.6 Å². The second-order valence-electron chi connectivity index (χ2n) is 12.6. The average molecular weight is 453 g/mol. The summed E-state index contributed by atoms with van der Waals surface area (Å²) in [6.45, 7) is 12.3. The number of hydrogen-bond acceptors (Lipinski definition) is 5. The van der Waals surface area contributed by atoms with Gasteiger partial charge < -0.3 is 15.3 Å². The lowest BCUT2D eigenvalue weighted by Crippen LogP contribution is -2.64. The molecule has 6 atom stereocenters. The van der Waals surface area contributed by atoms with Gasteiger partial charge in [0.15, 0.2) is 23.1 Å². The molecule has 3 N–H and O–H groups in total. The normalized spacial score (nSPS) is 44.3. The first kappa shape index (κ1) is 22.6. The van der Waals surface area contributed by atoms with E-state index in [9.17, 15) is 24.9 Å². The van der Waals surface area contributed by atoms with Crippen molar-refractivity contribution in [1.82, 2.24) is 0 Å². The summed E-state index contributed by atoms with van der Waals surface area (Å²) in [4.78, 5) is 26.1. The SMILES string of the molecule is Cc1c(O)c(O)cc2c1C(=O)C=C1[C@@]2(C)CC[C@@]2(C)[C@@H]3C[C@@](C)(O)C(=O)C[C@]3(C)CC[C@]12C. The van der Waals surface area contributed by atoms with Gasteiger partial charge in [-0.25, -0.2) is 0 Å². The number of fused-ring (bicyclic) bond motifs is 7. The van der Waals surface area contributed by atoms with Crippen LogP contribution >= 0.6 is 0 Å². The molecule has 0 aliphatic heterocycles. The summed E-state index contributed by atoms with van der Waals surface area (Å²) >= 11 is 0. The van der Waals surface area contributed by atoms with Crippen molar-refractivity contribution in [3.8, 4) is 11.5 Å². The molecule has 178 valence electrons. The maximum absolute atomic E-state index is 13.4. The van der Waals surface area contributed by atoms with E-state index in [2.05, 4.69) is 27.7 Å². The first-order chi connectivity index (χ1) is 15.1. The van der Waals surface area contributed by atoms with E-state index >= 15 is 0 Å². The monoisotopic (exact) mass is 452 g/mol. The second kappa shape index (κ2) is 6.29. The van der Waals surface area contributed by atoms with Gasteiger partial charge >= 0.3 is 0 Å². The number of phenolic OH excluding ortho intramolecular Hbond substituents is 2. The smallest absolute Gasteiger partial charge is 0.186 e. The lowest BCUT2D eigenvalue weighted by Gasteiger charge is -2.69. The van der Waals surface area contributed by atoms with Crippen LogP contribution in [-0.2, 0) is 10.2 Å². The molecule has 3 saturated carbocycles. The molecule has 0 amide bonds. The highest BCUT2D eigenvalue weighted by Crippen LogP contribution is 2.73. The number of carbonyl (C=O) groups is 2. The number of aromatic hydroxyl groups is 2. The Balaban J connectivity index is 1.69. The van der Waals surface area contributed by atoms with Crippen molar-refractivity contribution in [3.63, 3.8) is 0 Å². The predicted octanol–water partition coefficient (Wildman–Crippen LogP) is 5.12. The van der Waals surface area contributed by atoms with Crippen LogP contribution in [0.2, 0.25) is 0 Å². The van der Waals surface area contributed by atoms with Gasteiger partial charge in [-0.05, 0) is 91.4 Å². The molecule has 1 aromatic rings. The molecule has 5 nitrogen and oxygen atoms in total. The third-order valence-corrected chi connectivity index (χ3v) is 10.8. The molecule has 0 spiro atoms. The van der Waals surface area contributed by atoms with Gasteiger partial charge in [-0.2, -0.15) is 0 Å². The Morgan fingerprint density at radius 2 is 1.64 bits per heavy atom. The van der Waals surface area contributed by atoms with Crippen molar-refractivity contribution in [1.29, 1.82) is 0 Å². The molecule has 3 fully saturated rings. The third kappa shape index (κ3) is 2.58. The van der Waals surface area contributed by atoms with Gasteiger partial charge in [-0.15, -0.1) is 0 Å². The number of carbonyl (C=O) groups excluding carboxylic acids is 2. The van der Waals surface area contributed by atoms with Crippen LogP contribution in [-0.4, -0.2) is 32.5 Å². The van der Waals surface area contributed by atoms with Gasteiger partial charge in [0.05, 0.1) is 0 Å². The van der Waals surface area contributed by atoms with E-state index < -0.39 is 11.0 Å². The molecule has 0 unspecified atom stereocenters. The quantitative estimate of drug-likeness (QED) is 0.475. The molecular formula is C28H36O5. The minimum absolute atomic E-state index is 0.0548. The van der Waals surface area contributed by atoms with Crippen molar-refractivity contribution in [3.05, 3.63) is 34.4 Å². The highest BCUT2D eigenvalue weighted by molar-refractivity contribution is 6.10. The van der Waals surface area contributed by atoms with Crippen molar-refractivity contribution >= 4 is 11.6 Å². The van der Waals surface area contributed by atoms with E-state index in [1.165, 1.54) is 0 Å². The number of benzene rings is 1. The predicted molar refractivity (Wildman–Crippen MR) is 125 cm³/mol. The molecule has 4 aliphatic carbocycles. The van der Waals surface area contributed by atoms with E-state index in [-0.39, 0.29) is 45.2 Å². The summed E-state index contributed by atoms with van der Waals surface area (Å²) in [5, 5.41) is 31.7. The Kier molecular flexibility index (Phi) is 4.32. The molecule has 0 saturated heterocycles. The molecule has 0 radical (unpaired) electrons. The third-order valence-electron chi connectivity index (χ3n) is 10.8. The van der Waals surface area contributed by atoms with Crippen LogP contribution in [0.4, 0.5) is 0 Å². The van der Waals surface area contributed by atoms with Crippen LogP contribution in [0.25, 0.3) is 0 Å². The number of aliphatic hydroxyl groups is 1. The molecule has 4 aliphatic rings. The Hall–Kier alpha value is -2.14. The standard InChI is InChI=1S/C28H36O5/c1-15-22-16(11-18(30)23(15)32)25(3)8-10-27(5)20-13-28(6,33)21(31)14-24(20,2)7-9-26(27,4)19(25)12-17(22)29/h11-12,20,30,32-33H,7-10,13-14H2,1-6H3/t20-,24+,25+,26-,27+,28-/m1/s1.